The van der Waals surface area contributed by atoms with Crippen molar-refractivity contribution in [2.24, 2.45) is 0 Å². The molecule has 0 saturated carbocycles. The molecule has 1 aromatic carbocycles. The molecule has 0 radical (unpaired) electrons. The van der Waals surface area contributed by atoms with Crippen LogP contribution < -0.4 is 5.32 Å². The van der Waals surface area contributed by atoms with Crippen LogP contribution in [-0.2, 0) is 10.0 Å². The monoisotopic (exact) mass is 407 g/mol. The number of nitrogens with zero attached hydrogens (tertiary/aromatic N) is 2. The first-order valence-electron chi connectivity index (χ1n) is 10.5. The fourth-order valence-corrected chi connectivity index (χ4v) is 5.56. The van der Waals surface area contributed by atoms with Gasteiger partial charge in [-0.05, 0) is 63.8 Å². The van der Waals surface area contributed by atoms with E-state index in [0.717, 1.165) is 51.6 Å². The van der Waals surface area contributed by atoms with Crippen LogP contribution in [-0.4, -0.2) is 61.8 Å². The number of carbonyl (C=O) groups is 1. The molecule has 0 spiro atoms. The summed E-state index contributed by atoms with van der Waals surface area (Å²) in [5.74, 6) is -0.123. The molecular weight excluding hydrogens is 374 g/mol. The summed E-state index contributed by atoms with van der Waals surface area (Å²) in [6, 6.07) is 7.11. The molecular formula is C21H33N3O3S. The van der Waals surface area contributed by atoms with E-state index in [1.165, 1.54) is 0 Å². The van der Waals surface area contributed by atoms with Crippen LogP contribution >= 0.6 is 0 Å². The fraction of sp³-hybridized carbons (Fsp3) is 0.667. The second-order valence-corrected chi connectivity index (χ2v) is 10.2. The lowest BCUT2D eigenvalue weighted by atomic mass is 10.0. The van der Waals surface area contributed by atoms with Gasteiger partial charge < -0.3 is 10.2 Å². The van der Waals surface area contributed by atoms with Crippen LogP contribution in [0.5, 0.6) is 0 Å². The zero-order valence-corrected chi connectivity index (χ0v) is 17.9. The van der Waals surface area contributed by atoms with E-state index in [2.05, 4.69) is 24.1 Å². The molecule has 1 aromatic rings. The average Bonchev–Trinajstić information content (AvgIpc) is 2.98. The Bertz CT molecular complexity index is 746. The number of nitrogens with one attached hydrogen (secondary N) is 1. The van der Waals surface area contributed by atoms with Crippen LogP contribution in [0.25, 0.3) is 0 Å². The van der Waals surface area contributed by atoms with Gasteiger partial charge in [0.1, 0.15) is 0 Å². The van der Waals surface area contributed by atoms with Crippen LogP contribution in [0.1, 0.15) is 62.7 Å². The van der Waals surface area contributed by atoms with Crippen molar-refractivity contribution in [2.75, 3.05) is 26.2 Å². The van der Waals surface area contributed by atoms with Gasteiger partial charge in [-0.1, -0.05) is 12.8 Å². The molecule has 3 rings (SSSR count). The van der Waals surface area contributed by atoms with Gasteiger partial charge in [-0.15, -0.1) is 0 Å². The van der Waals surface area contributed by atoms with Crippen LogP contribution in [0, 0.1) is 0 Å². The quantitative estimate of drug-likeness (QED) is 0.815. The normalized spacial score (nSPS) is 20.8. The lowest BCUT2D eigenvalue weighted by Gasteiger charge is -2.34. The molecule has 2 aliphatic heterocycles. The third-order valence-electron chi connectivity index (χ3n) is 5.91. The van der Waals surface area contributed by atoms with Gasteiger partial charge in [-0.2, -0.15) is 4.31 Å². The van der Waals surface area contributed by atoms with Gasteiger partial charge in [0.25, 0.3) is 5.91 Å². The number of benzene rings is 1. The van der Waals surface area contributed by atoms with Crippen molar-refractivity contribution in [1.29, 1.82) is 0 Å². The molecule has 2 heterocycles. The third-order valence-corrected chi connectivity index (χ3v) is 7.83. The Labute approximate surface area is 169 Å². The number of amides is 1. The number of piperidine rings is 1. The smallest absolute Gasteiger partial charge is 0.251 e. The van der Waals surface area contributed by atoms with E-state index in [1.54, 1.807) is 28.6 Å². The molecule has 6 nitrogen and oxygen atoms in total. The van der Waals surface area contributed by atoms with Gasteiger partial charge in [-0.25, -0.2) is 8.42 Å². The molecule has 1 amide bonds. The third kappa shape index (κ3) is 5.13. The van der Waals surface area contributed by atoms with Crippen molar-refractivity contribution in [1.82, 2.24) is 14.5 Å². The predicted molar refractivity (Wildman–Crippen MR) is 111 cm³/mol. The van der Waals surface area contributed by atoms with Gasteiger partial charge in [0.15, 0.2) is 0 Å². The number of sulfonamides is 1. The number of hydrogen-bond donors (Lipinski definition) is 1. The van der Waals surface area contributed by atoms with Crippen molar-refractivity contribution < 1.29 is 13.2 Å². The predicted octanol–water partition coefficient (Wildman–Crippen LogP) is 2.85. The SMILES string of the molecule is CC(C)N1CCC(NC(=O)c2ccc(S(=O)(=O)N3CCCCCC3)cc2)CC1. The minimum absolute atomic E-state index is 0.123. The lowest BCUT2D eigenvalue weighted by molar-refractivity contribution is 0.0900. The van der Waals surface area contributed by atoms with E-state index in [0.29, 0.717) is 24.7 Å². The van der Waals surface area contributed by atoms with Gasteiger partial charge in [0.05, 0.1) is 4.90 Å². The first-order valence-corrected chi connectivity index (χ1v) is 12.0. The first kappa shape index (κ1) is 21.3. The van der Waals surface area contributed by atoms with Crippen molar-refractivity contribution in [3.05, 3.63) is 29.8 Å². The largest absolute Gasteiger partial charge is 0.349 e. The van der Waals surface area contributed by atoms with Gasteiger partial charge in [0, 0.05) is 43.8 Å². The Morgan fingerprint density at radius 3 is 2.07 bits per heavy atom. The highest BCUT2D eigenvalue weighted by molar-refractivity contribution is 7.89. The summed E-state index contributed by atoms with van der Waals surface area (Å²) in [5, 5.41) is 3.10. The second-order valence-electron chi connectivity index (χ2n) is 8.22. The van der Waals surface area contributed by atoms with Gasteiger partial charge in [0.2, 0.25) is 10.0 Å². The van der Waals surface area contributed by atoms with Gasteiger partial charge in [-0.3, -0.25) is 4.79 Å². The summed E-state index contributed by atoms with van der Waals surface area (Å²) >= 11 is 0. The van der Waals surface area contributed by atoms with Crippen LogP contribution in [0.15, 0.2) is 29.2 Å². The molecule has 0 aliphatic carbocycles. The number of rotatable bonds is 5. The van der Waals surface area contributed by atoms with Gasteiger partial charge >= 0.3 is 0 Å². The van der Waals surface area contributed by atoms with E-state index in [9.17, 15) is 13.2 Å². The van der Waals surface area contributed by atoms with E-state index in [4.69, 9.17) is 0 Å². The molecule has 1 N–H and O–H groups in total. The van der Waals surface area contributed by atoms with Crippen molar-refractivity contribution in [3.63, 3.8) is 0 Å². The number of hydrogen-bond acceptors (Lipinski definition) is 4. The Morgan fingerprint density at radius 2 is 1.54 bits per heavy atom. The zero-order chi connectivity index (χ0) is 20.1. The van der Waals surface area contributed by atoms with Crippen LogP contribution in [0.3, 0.4) is 0 Å². The maximum absolute atomic E-state index is 12.8. The minimum Gasteiger partial charge on any atom is -0.349 e. The van der Waals surface area contributed by atoms with E-state index >= 15 is 0 Å². The Kier molecular flexibility index (Phi) is 7.12. The molecule has 156 valence electrons. The summed E-state index contributed by atoms with van der Waals surface area (Å²) in [5.41, 5.74) is 0.515. The standard InChI is InChI=1S/C21H33N3O3S/c1-17(2)23-15-11-19(12-16-23)22-21(25)18-7-9-20(10-8-18)28(26,27)24-13-5-3-4-6-14-24/h7-10,17,19H,3-6,11-16H2,1-2H3,(H,22,25). The molecule has 0 atom stereocenters. The molecule has 2 fully saturated rings. The Morgan fingerprint density at radius 1 is 0.964 bits per heavy atom. The average molecular weight is 408 g/mol. The molecule has 2 aliphatic rings. The van der Waals surface area contributed by atoms with Crippen molar-refractivity contribution in [2.45, 2.75) is 69.4 Å². The zero-order valence-electron chi connectivity index (χ0n) is 17.1. The number of carbonyl (C=O) groups excluding carboxylic acids is 1. The topological polar surface area (TPSA) is 69.7 Å². The fourth-order valence-electron chi connectivity index (χ4n) is 4.04. The highest BCUT2D eigenvalue weighted by Gasteiger charge is 2.26. The number of likely N-dealkylation sites (tertiary alicyclic amines) is 1. The molecule has 28 heavy (non-hydrogen) atoms. The molecule has 7 heteroatoms. The summed E-state index contributed by atoms with van der Waals surface area (Å²) in [4.78, 5) is 15.2. The van der Waals surface area contributed by atoms with E-state index in [-0.39, 0.29) is 16.8 Å². The maximum atomic E-state index is 12.8. The maximum Gasteiger partial charge on any atom is 0.251 e. The van der Waals surface area contributed by atoms with Crippen LogP contribution in [0.4, 0.5) is 0 Å². The summed E-state index contributed by atoms with van der Waals surface area (Å²) in [7, 11) is -3.47. The highest BCUT2D eigenvalue weighted by atomic mass is 32.2. The minimum atomic E-state index is -3.47. The summed E-state index contributed by atoms with van der Waals surface area (Å²) in [6.07, 6.45) is 5.89. The van der Waals surface area contributed by atoms with Crippen LogP contribution in [0.2, 0.25) is 0 Å². The summed E-state index contributed by atoms with van der Waals surface area (Å²) in [6.45, 7) is 7.55. The first-order chi connectivity index (χ1) is 13.4. The van der Waals surface area contributed by atoms with Crippen molar-refractivity contribution in [3.8, 4) is 0 Å². The molecule has 0 bridgehead atoms. The molecule has 0 aromatic heterocycles. The Balaban J connectivity index is 1.60. The van der Waals surface area contributed by atoms with E-state index in [1.807, 2.05) is 0 Å². The molecule has 0 unspecified atom stereocenters. The van der Waals surface area contributed by atoms with E-state index < -0.39 is 10.0 Å². The van der Waals surface area contributed by atoms with Crippen molar-refractivity contribution >= 4 is 15.9 Å². The Hall–Kier alpha value is -1.44. The summed E-state index contributed by atoms with van der Waals surface area (Å²) < 4.78 is 27.3. The molecule has 2 saturated heterocycles. The second kappa shape index (κ2) is 9.37. The highest BCUT2D eigenvalue weighted by Crippen LogP contribution is 2.21. The lowest BCUT2D eigenvalue weighted by Crippen LogP contribution is -2.46.